The Kier molecular flexibility index (Phi) is 4.20. The first-order valence-electron chi connectivity index (χ1n) is 6.70. The van der Waals surface area contributed by atoms with Crippen LogP contribution >= 0.6 is 11.3 Å². The van der Waals surface area contributed by atoms with Crippen molar-refractivity contribution in [2.24, 2.45) is 0 Å². The van der Waals surface area contributed by atoms with E-state index in [1.54, 1.807) is 23.7 Å². The summed E-state index contributed by atoms with van der Waals surface area (Å²) in [6.07, 6.45) is 1.63. The number of rotatable bonds is 5. The monoisotopic (exact) mass is 314 g/mol. The van der Waals surface area contributed by atoms with E-state index in [1.165, 1.54) is 11.3 Å². The molecule has 112 valence electrons. The van der Waals surface area contributed by atoms with Gasteiger partial charge in [-0.25, -0.2) is 4.98 Å². The van der Waals surface area contributed by atoms with Crippen LogP contribution in [0.1, 0.15) is 21.9 Å². The van der Waals surface area contributed by atoms with Crippen molar-refractivity contribution in [1.29, 1.82) is 0 Å². The van der Waals surface area contributed by atoms with E-state index in [0.717, 1.165) is 11.3 Å². The fourth-order valence-electron chi connectivity index (χ4n) is 1.88. The van der Waals surface area contributed by atoms with Gasteiger partial charge in [0.15, 0.2) is 10.9 Å². The lowest BCUT2D eigenvalue weighted by Gasteiger charge is -2.04. The summed E-state index contributed by atoms with van der Waals surface area (Å²) in [7, 11) is 0. The molecule has 1 aromatic carbocycles. The maximum Gasteiger partial charge on any atom is 0.293 e. The number of nitrogens with one attached hydrogen (secondary N) is 1. The van der Waals surface area contributed by atoms with Crippen LogP contribution in [-0.2, 0) is 6.61 Å². The van der Waals surface area contributed by atoms with E-state index in [9.17, 15) is 4.79 Å². The van der Waals surface area contributed by atoms with Gasteiger partial charge in [-0.05, 0) is 36.8 Å². The van der Waals surface area contributed by atoms with Crippen molar-refractivity contribution in [3.63, 3.8) is 0 Å². The number of carbonyl (C=O) groups excluding carboxylic acids is 1. The van der Waals surface area contributed by atoms with E-state index in [-0.39, 0.29) is 18.3 Å². The minimum atomic E-state index is -0.322. The number of amides is 1. The zero-order valence-corrected chi connectivity index (χ0v) is 12.7. The molecule has 0 spiro atoms. The second-order valence-corrected chi connectivity index (χ2v) is 5.56. The smallest absolute Gasteiger partial charge is 0.293 e. The highest BCUT2D eigenvalue weighted by Crippen LogP contribution is 2.17. The van der Waals surface area contributed by atoms with Crippen molar-refractivity contribution < 1.29 is 13.9 Å². The summed E-state index contributed by atoms with van der Waals surface area (Å²) in [5, 5.41) is 5.00. The van der Waals surface area contributed by atoms with Crippen LogP contribution in [0.15, 0.2) is 52.4 Å². The summed E-state index contributed by atoms with van der Waals surface area (Å²) >= 11 is 1.35. The highest BCUT2D eigenvalue weighted by Gasteiger charge is 2.12. The van der Waals surface area contributed by atoms with Crippen LogP contribution in [-0.4, -0.2) is 10.9 Å². The highest BCUT2D eigenvalue weighted by atomic mass is 32.1. The van der Waals surface area contributed by atoms with Gasteiger partial charge in [0.05, 0.1) is 0 Å². The lowest BCUT2D eigenvalue weighted by molar-refractivity contribution is 0.0992. The molecule has 6 heteroatoms. The Morgan fingerprint density at radius 2 is 2.27 bits per heavy atom. The normalized spacial score (nSPS) is 10.4. The number of aryl methyl sites for hydroxylation is 1. The molecule has 0 aliphatic carbocycles. The number of hydrogen-bond donors (Lipinski definition) is 1. The molecule has 22 heavy (non-hydrogen) atoms. The number of thiazole rings is 1. The number of hydrogen-bond acceptors (Lipinski definition) is 5. The minimum absolute atomic E-state index is 0.234. The number of carbonyl (C=O) groups is 1. The van der Waals surface area contributed by atoms with Crippen molar-refractivity contribution >= 4 is 22.4 Å². The molecule has 0 atom stereocenters. The second-order valence-electron chi connectivity index (χ2n) is 4.66. The quantitative estimate of drug-likeness (QED) is 0.776. The lowest BCUT2D eigenvalue weighted by atomic mass is 10.2. The number of furan rings is 1. The van der Waals surface area contributed by atoms with Crippen LogP contribution in [0.25, 0.3) is 0 Å². The maximum atomic E-state index is 12.0. The van der Waals surface area contributed by atoms with Crippen LogP contribution in [0.4, 0.5) is 5.13 Å². The molecule has 0 bridgehead atoms. The predicted molar refractivity (Wildman–Crippen MR) is 84.3 cm³/mol. The summed E-state index contributed by atoms with van der Waals surface area (Å²) in [6.45, 7) is 2.27. The van der Waals surface area contributed by atoms with Gasteiger partial charge in [0.2, 0.25) is 0 Å². The molecular formula is C16H14N2O3S. The Bertz CT molecular complexity index is 765. The van der Waals surface area contributed by atoms with Gasteiger partial charge in [-0.15, -0.1) is 11.3 Å². The SMILES string of the molecule is Cc1cccc(OCc2ccc(C(=O)Nc3nccs3)o2)c1. The largest absolute Gasteiger partial charge is 0.486 e. The molecule has 2 heterocycles. The highest BCUT2D eigenvalue weighted by molar-refractivity contribution is 7.13. The molecule has 1 amide bonds. The second kappa shape index (κ2) is 6.44. The van der Waals surface area contributed by atoms with Crippen molar-refractivity contribution in [2.75, 3.05) is 5.32 Å². The van der Waals surface area contributed by atoms with Crippen LogP contribution in [0.5, 0.6) is 5.75 Å². The van der Waals surface area contributed by atoms with Crippen molar-refractivity contribution in [3.05, 3.63) is 65.1 Å². The molecule has 0 aliphatic heterocycles. The van der Waals surface area contributed by atoms with Gasteiger partial charge >= 0.3 is 0 Å². The topological polar surface area (TPSA) is 64.4 Å². The third-order valence-electron chi connectivity index (χ3n) is 2.91. The standard InChI is InChI=1S/C16H14N2O3S/c1-11-3-2-4-12(9-11)20-10-13-5-6-14(21-13)15(19)18-16-17-7-8-22-16/h2-9H,10H2,1H3,(H,17,18,19). The molecule has 0 saturated heterocycles. The first kappa shape index (κ1) is 14.3. The van der Waals surface area contributed by atoms with Gasteiger partial charge in [-0.2, -0.15) is 0 Å². The number of benzene rings is 1. The van der Waals surface area contributed by atoms with E-state index in [2.05, 4.69) is 10.3 Å². The molecule has 0 radical (unpaired) electrons. The number of anilines is 1. The molecule has 0 unspecified atom stereocenters. The third-order valence-corrected chi connectivity index (χ3v) is 3.60. The van der Waals surface area contributed by atoms with Gasteiger partial charge in [0.1, 0.15) is 18.1 Å². The molecule has 3 rings (SSSR count). The molecule has 3 aromatic rings. The first-order valence-corrected chi connectivity index (χ1v) is 7.58. The Labute approximate surface area is 131 Å². The van der Waals surface area contributed by atoms with Crippen molar-refractivity contribution in [3.8, 4) is 5.75 Å². The molecule has 2 aromatic heterocycles. The van der Waals surface area contributed by atoms with Crippen molar-refractivity contribution in [1.82, 2.24) is 4.98 Å². The van der Waals surface area contributed by atoms with Gasteiger partial charge in [0.25, 0.3) is 5.91 Å². The molecule has 1 N–H and O–H groups in total. The fraction of sp³-hybridized carbons (Fsp3) is 0.125. The van der Waals surface area contributed by atoms with E-state index in [0.29, 0.717) is 10.9 Å². The molecular weight excluding hydrogens is 300 g/mol. The predicted octanol–water partition coefficient (Wildman–Crippen LogP) is 3.88. The lowest BCUT2D eigenvalue weighted by Crippen LogP contribution is -2.10. The zero-order chi connectivity index (χ0) is 15.4. The van der Waals surface area contributed by atoms with Crippen molar-refractivity contribution in [2.45, 2.75) is 13.5 Å². The first-order chi connectivity index (χ1) is 10.7. The molecule has 0 aliphatic rings. The molecule has 0 fully saturated rings. The van der Waals surface area contributed by atoms with Crippen LogP contribution in [0.3, 0.4) is 0 Å². The number of nitrogens with zero attached hydrogens (tertiary/aromatic N) is 1. The Hall–Kier alpha value is -2.60. The number of ether oxygens (including phenoxy) is 1. The zero-order valence-electron chi connectivity index (χ0n) is 11.9. The Balaban J connectivity index is 1.60. The van der Waals surface area contributed by atoms with Gasteiger partial charge in [-0.3, -0.25) is 10.1 Å². The van der Waals surface area contributed by atoms with Crippen LogP contribution in [0.2, 0.25) is 0 Å². The molecule has 0 saturated carbocycles. The van der Waals surface area contributed by atoms with Gasteiger partial charge in [0, 0.05) is 11.6 Å². The van der Waals surface area contributed by atoms with Gasteiger partial charge < -0.3 is 9.15 Å². The fourth-order valence-corrected chi connectivity index (χ4v) is 2.40. The summed E-state index contributed by atoms with van der Waals surface area (Å²) < 4.78 is 11.1. The van der Waals surface area contributed by atoms with Crippen LogP contribution < -0.4 is 10.1 Å². The molecule has 5 nitrogen and oxygen atoms in total. The third kappa shape index (κ3) is 3.53. The Morgan fingerprint density at radius 3 is 3.05 bits per heavy atom. The maximum absolute atomic E-state index is 12.0. The summed E-state index contributed by atoms with van der Waals surface area (Å²) in [5.74, 6) is 1.27. The minimum Gasteiger partial charge on any atom is -0.486 e. The average Bonchev–Trinajstić information content (AvgIpc) is 3.16. The van der Waals surface area contributed by atoms with Crippen LogP contribution in [0, 0.1) is 6.92 Å². The summed E-state index contributed by atoms with van der Waals surface area (Å²) in [6, 6.07) is 11.1. The summed E-state index contributed by atoms with van der Waals surface area (Å²) in [4.78, 5) is 16.0. The summed E-state index contributed by atoms with van der Waals surface area (Å²) in [5.41, 5.74) is 1.13. The Morgan fingerprint density at radius 1 is 1.36 bits per heavy atom. The van der Waals surface area contributed by atoms with E-state index in [4.69, 9.17) is 9.15 Å². The van der Waals surface area contributed by atoms with E-state index < -0.39 is 0 Å². The van der Waals surface area contributed by atoms with E-state index in [1.807, 2.05) is 31.2 Å². The average molecular weight is 314 g/mol. The van der Waals surface area contributed by atoms with E-state index >= 15 is 0 Å². The number of aromatic nitrogens is 1. The van der Waals surface area contributed by atoms with Gasteiger partial charge in [-0.1, -0.05) is 12.1 Å².